The Labute approximate surface area is 112 Å². The van der Waals surface area contributed by atoms with E-state index in [4.69, 9.17) is 5.73 Å². The van der Waals surface area contributed by atoms with Crippen molar-refractivity contribution >= 4 is 30.7 Å². The normalized spacial score (nSPS) is 15.4. The Bertz CT molecular complexity index is 328. The topological polar surface area (TPSA) is 81.1 Å². The predicted octanol–water partition coefficient (Wildman–Crippen LogP) is 0.914. The number of nitrogens with one attached hydrogen (secondary N) is 1. The first-order valence-electron chi connectivity index (χ1n) is 5.17. The molecule has 3 N–H and O–H groups in total. The average molecular weight is 282 g/mol. The molecule has 1 aliphatic rings. The Morgan fingerprint density at radius 2 is 2.29 bits per heavy atom. The maximum atomic E-state index is 11.4. The lowest BCUT2D eigenvalue weighted by Crippen LogP contribution is -2.39. The number of nitrogens with two attached hydrogens (primary N) is 1. The zero-order valence-electron chi connectivity index (χ0n) is 9.30. The third-order valence-corrected chi connectivity index (χ3v) is 2.60. The lowest BCUT2D eigenvalue weighted by molar-refractivity contribution is -0.120. The molecule has 2 rings (SSSR count). The summed E-state index contributed by atoms with van der Waals surface area (Å²) in [5.74, 6) is 0.553. The number of aromatic nitrogens is 1. The van der Waals surface area contributed by atoms with Crippen LogP contribution in [0, 0.1) is 5.92 Å². The molecular weight excluding hydrogens is 265 g/mol. The zero-order chi connectivity index (χ0) is 10.7. The second kappa shape index (κ2) is 7.53. The summed E-state index contributed by atoms with van der Waals surface area (Å²) in [6.07, 6.45) is 4.10. The number of carbonyl (C=O) groups excluding carboxylic acids is 1. The molecule has 0 aromatic carbocycles. The minimum absolute atomic E-state index is 0. The summed E-state index contributed by atoms with van der Waals surface area (Å²) in [5.41, 5.74) is 6.50. The Kier molecular flexibility index (Phi) is 7.18. The molecule has 0 aliphatic heterocycles. The first-order valence-corrected chi connectivity index (χ1v) is 5.17. The summed E-state index contributed by atoms with van der Waals surface area (Å²) in [5, 5.41) is 6.46. The minimum Gasteiger partial charge on any atom is -0.364 e. The van der Waals surface area contributed by atoms with Crippen LogP contribution in [0.15, 0.2) is 16.9 Å². The number of hydrogen-bond donors (Lipinski definition) is 2. The van der Waals surface area contributed by atoms with Gasteiger partial charge in [0.2, 0.25) is 5.91 Å². The summed E-state index contributed by atoms with van der Waals surface area (Å²) in [6, 6.07) is 1.78. The van der Waals surface area contributed by atoms with Crippen LogP contribution in [0.25, 0.3) is 0 Å². The third-order valence-electron chi connectivity index (χ3n) is 2.60. The standard InChI is InChI=1S/C10H15N3O2.2ClH/c11-9(7-1-2-7)6-12-10(14)5-8-3-4-15-13-8;;/h3-4,7,9H,1-2,5-6,11H2,(H,12,14);2*1H. The number of amides is 1. The smallest absolute Gasteiger partial charge is 0.226 e. The first-order chi connectivity index (χ1) is 7.25. The van der Waals surface area contributed by atoms with Gasteiger partial charge in [0.25, 0.3) is 0 Å². The van der Waals surface area contributed by atoms with Crippen molar-refractivity contribution in [1.82, 2.24) is 10.5 Å². The predicted molar refractivity (Wildman–Crippen MR) is 68.4 cm³/mol. The van der Waals surface area contributed by atoms with Gasteiger partial charge in [-0.1, -0.05) is 5.16 Å². The molecular formula is C10H17Cl2N3O2. The summed E-state index contributed by atoms with van der Waals surface area (Å²) in [6.45, 7) is 0.557. The molecule has 1 aliphatic carbocycles. The molecule has 0 spiro atoms. The van der Waals surface area contributed by atoms with E-state index in [1.165, 1.54) is 19.1 Å². The van der Waals surface area contributed by atoms with E-state index in [-0.39, 0.29) is 43.2 Å². The number of rotatable bonds is 5. The van der Waals surface area contributed by atoms with E-state index in [1.54, 1.807) is 6.07 Å². The molecule has 1 amide bonds. The molecule has 1 fully saturated rings. The van der Waals surface area contributed by atoms with Gasteiger partial charge in [-0.05, 0) is 18.8 Å². The Hall–Kier alpha value is -0.780. The van der Waals surface area contributed by atoms with Crippen molar-refractivity contribution in [3.8, 4) is 0 Å². The van der Waals surface area contributed by atoms with E-state index in [0.29, 0.717) is 18.2 Å². The van der Waals surface area contributed by atoms with E-state index < -0.39 is 0 Å². The van der Waals surface area contributed by atoms with Gasteiger partial charge in [0, 0.05) is 18.7 Å². The molecule has 0 bridgehead atoms. The van der Waals surface area contributed by atoms with Crippen LogP contribution in [0.3, 0.4) is 0 Å². The van der Waals surface area contributed by atoms with Crippen LogP contribution in [0.2, 0.25) is 0 Å². The largest absolute Gasteiger partial charge is 0.364 e. The highest BCUT2D eigenvalue weighted by Crippen LogP contribution is 2.31. The van der Waals surface area contributed by atoms with Crippen LogP contribution in [-0.2, 0) is 11.2 Å². The molecule has 1 aromatic heterocycles. The van der Waals surface area contributed by atoms with Gasteiger partial charge in [-0.2, -0.15) is 0 Å². The van der Waals surface area contributed by atoms with E-state index in [1.807, 2.05) is 0 Å². The first kappa shape index (κ1) is 16.2. The highest BCUT2D eigenvalue weighted by molar-refractivity contribution is 5.85. The monoisotopic (exact) mass is 281 g/mol. The van der Waals surface area contributed by atoms with Crippen LogP contribution in [0.4, 0.5) is 0 Å². The van der Waals surface area contributed by atoms with E-state index >= 15 is 0 Å². The Morgan fingerprint density at radius 3 is 2.82 bits per heavy atom. The number of hydrogen-bond acceptors (Lipinski definition) is 4. The fourth-order valence-corrected chi connectivity index (χ4v) is 1.48. The van der Waals surface area contributed by atoms with Crippen LogP contribution in [0.1, 0.15) is 18.5 Å². The fraction of sp³-hybridized carbons (Fsp3) is 0.600. The molecule has 7 heteroatoms. The Balaban J connectivity index is 0.00000128. The van der Waals surface area contributed by atoms with Gasteiger partial charge in [-0.15, -0.1) is 24.8 Å². The van der Waals surface area contributed by atoms with E-state index in [2.05, 4.69) is 15.0 Å². The minimum atomic E-state index is -0.0556. The van der Waals surface area contributed by atoms with Crippen molar-refractivity contribution in [2.75, 3.05) is 6.54 Å². The lowest BCUT2D eigenvalue weighted by atomic mass is 10.2. The highest BCUT2D eigenvalue weighted by atomic mass is 35.5. The van der Waals surface area contributed by atoms with Crippen molar-refractivity contribution < 1.29 is 9.32 Å². The second-order valence-electron chi connectivity index (χ2n) is 3.97. The molecule has 1 unspecified atom stereocenters. The van der Waals surface area contributed by atoms with Gasteiger partial charge in [0.05, 0.1) is 12.1 Å². The van der Waals surface area contributed by atoms with Gasteiger partial charge >= 0.3 is 0 Å². The van der Waals surface area contributed by atoms with Crippen molar-refractivity contribution in [2.24, 2.45) is 11.7 Å². The molecule has 1 atom stereocenters. The zero-order valence-corrected chi connectivity index (χ0v) is 10.9. The molecule has 5 nitrogen and oxygen atoms in total. The van der Waals surface area contributed by atoms with Crippen molar-refractivity contribution in [3.63, 3.8) is 0 Å². The van der Waals surface area contributed by atoms with Crippen molar-refractivity contribution in [2.45, 2.75) is 25.3 Å². The number of halogens is 2. The van der Waals surface area contributed by atoms with Crippen LogP contribution in [0.5, 0.6) is 0 Å². The summed E-state index contributed by atoms with van der Waals surface area (Å²) < 4.78 is 4.63. The van der Waals surface area contributed by atoms with Crippen LogP contribution < -0.4 is 11.1 Å². The van der Waals surface area contributed by atoms with Gasteiger partial charge in [0.15, 0.2) is 0 Å². The molecule has 17 heavy (non-hydrogen) atoms. The highest BCUT2D eigenvalue weighted by Gasteiger charge is 2.28. The SMILES string of the molecule is Cl.Cl.NC(CNC(=O)Cc1ccon1)C1CC1. The molecule has 0 saturated heterocycles. The van der Waals surface area contributed by atoms with E-state index in [0.717, 1.165) is 0 Å². The molecule has 98 valence electrons. The second-order valence-corrected chi connectivity index (χ2v) is 3.97. The Morgan fingerprint density at radius 1 is 1.59 bits per heavy atom. The quantitative estimate of drug-likeness (QED) is 0.841. The maximum absolute atomic E-state index is 11.4. The van der Waals surface area contributed by atoms with Gasteiger partial charge in [-0.25, -0.2) is 0 Å². The molecule has 1 heterocycles. The van der Waals surface area contributed by atoms with Gasteiger partial charge in [-0.3, -0.25) is 4.79 Å². The van der Waals surface area contributed by atoms with Crippen LogP contribution in [-0.4, -0.2) is 23.7 Å². The number of nitrogens with zero attached hydrogens (tertiary/aromatic N) is 1. The van der Waals surface area contributed by atoms with Crippen molar-refractivity contribution in [1.29, 1.82) is 0 Å². The molecule has 1 saturated carbocycles. The van der Waals surface area contributed by atoms with Gasteiger partial charge < -0.3 is 15.6 Å². The summed E-state index contributed by atoms with van der Waals surface area (Å²) in [7, 11) is 0. The average Bonchev–Trinajstić information content (AvgIpc) is 2.95. The lowest BCUT2D eigenvalue weighted by Gasteiger charge is -2.10. The maximum Gasteiger partial charge on any atom is 0.226 e. The molecule has 1 aromatic rings. The fourth-order valence-electron chi connectivity index (χ4n) is 1.48. The molecule has 0 radical (unpaired) electrons. The van der Waals surface area contributed by atoms with Crippen molar-refractivity contribution in [3.05, 3.63) is 18.0 Å². The number of carbonyl (C=O) groups is 1. The summed E-state index contributed by atoms with van der Waals surface area (Å²) in [4.78, 5) is 11.4. The van der Waals surface area contributed by atoms with Gasteiger partial charge in [0.1, 0.15) is 6.26 Å². The summed E-state index contributed by atoms with van der Waals surface area (Å²) >= 11 is 0. The van der Waals surface area contributed by atoms with Crippen LogP contribution >= 0.6 is 24.8 Å². The van der Waals surface area contributed by atoms with E-state index in [9.17, 15) is 4.79 Å². The third kappa shape index (κ3) is 5.39.